The van der Waals surface area contributed by atoms with Crippen LogP contribution in [0.25, 0.3) is 0 Å². The van der Waals surface area contributed by atoms with Gasteiger partial charge in [0.15, 0.2) is 9.84 Å². The molecule has 0 aromatic heterocycles. The number of nitrogens with one attached hydrogen (secondary N) is 1. The van der Waals surface area contributed by atoms with Crippen LogP contribution in [-0.4, -0.2) is 44.7 Å². The first-order chi connectivity index (χ1) is 11.6. The minimum absolute atomic E-state index is 0.0481. The Morgan fingerprint density at radius 1 is 1.08 bits per heavy atom. The number of nitrogens with zero attached hydrogens (tertiary/aromatic N) is 1. The molecule has 0 radical (unpaired) electrons. The highest BCUT2D eigenvalue weighted by Gasteiger charge is 2.34. The molecule has 1 N–H and O–H groups in total. The predicted octanol–water partition coefficient (Wildman–Crippen LogP) is 2.46. The van der Waals surface area contributed by atoms with E-state index in [0.717, 1.165) is 25.9 Å². The first-order valence-corrected chi connectivity index (χ1v) is 10.2. The Kier molecular flexibility index (Phi) is 5.23. The van der Waals surface area contributed by atoms with Gasteiger partial charge in [-0.2, -0.15) is 0 Å². The second-order valence-corrected chi connectivity index (χ2v) is 8.69. The van der Waals surface area contributed by atoms with Crippen molar-refractivity contribution < 1.29 is 13.2 Å². The molecule has 1 aromatic carbocycles. The van der Waals surface area contributed by atoms with Crippen molar-refractivity contribution in [2.24, 2.45) is 11.8 Å². The van der Waals surface area contributed by atoms with Crippen LogP contribution in [-0.2, 0) is 9.84 Å². The lowest BCUT2D eigenvalue weighted by Crippen LogP contribution is -2.39. The van der Waals surface area contributed by atoms with Crippen molar-refractivity contribution in [2.75, 3.05) is 25.4 Å². The highest BCUT2D eigenvalue weighted by atomic mass is 32.2. The maximum atomic E-state index is 12.2. The van der Waals surface area contributed by atoms with Gasteiger partial charge >= 0.3 is 6.03 Å². The molecule has 0 spiro atoms. The molecule has 0 bridgehead atoms. The summed E-state index contributed by atoms with van der Waals surface area (Å²) in [6.07, 6.45) is 6.95. The van der Waals surface area contributed by atoms with E-state index >= 15 is 0 Å². The van der Waals surface area contributed by atoms with Crippen LogP contribution in [0.1, 0.15) is 19.3 Å². The van der Waals surface area contributed by atoms with Gasteiger partial charge in [-0.05, 0) is 43.2 Å². The number of sulfone groups is 1. The Hall–Kier alpha value is -1.82. The van der Waals surface area contributed by atoms with Crippen LogP contribution in [0.3, 0.4) is 0 Å². The van der Waals surface area contributed by atoms with E-state index < -0.39 is 9.84 Å². The molecule has 0 saturated carbocycles. The third kappa shape index (κ3) is 3.98. The number of allylic oxidation sites excluding steroid dienone is 2. The number of urea groups is 1. The zero-order valence-electron chi connectivity index (χ0n) is 13.7. The van der Waals surface area contributed by atoms with E-state index in [2.05, 4.69) is 17.5 Å². The van der Waals surface area contributed by atoms with E-state index in [-0.39, 0.29) is 11.8 Å². The lowest BCUT2D eigenvalue weighted by atomic mass is 9.86. The van der Waals surface area contributed by atoms with Gasteiger partial charge < -0.3 is 10.2 Å². The van der Waals surface area contributed by atoms with Crippen molar-refractivity contribution in [1.29, 1.82) is 0 Å². The van der Waals surface area contributed by atoms with Crippen molar-refractivity contribution in [3.8, 4) is 0 Å². The molecule has 2 aliphatic rings. The molecule has 1 heterocycles. The molecule has 3 rings (SSSR count). The zero-order valence-corrected chi connectivity index (χ0v) is 14.5. The summed E-state index contributed by atoms with van der Waals surface area (Å²) < 4.78 is 24.3. The van der Waals surface area contributed by atoms with E-state index in [4.69, 9.17) is 0 Å². The van der Waals surface area contributed by atoms with Crippen LogP contribution < -0.4 is 5.32 Å². The van der Waals surface area contributed by atoms with Crippen molar-refractivity contribution in [3.63, 3.8) is 0 Å². The summed E-state index contributed by atoms with van der Waals surface area (Å²) in [7, 11) is -3.27. The van der Waals surface area contributed by atoms with Crippen molar-refractivity contribution in [1.82, 2.24) is 10.2 Å². The second-order valence-electron chi connectivity index (χ2n) is 6.59. The number of rotatable bonds is 5. The van der Waals surface area contributed by atoms with Gasteiger partial charge in [-0.3, -0.25) is 0 Å². The molecular formula is C18H24N2O3S. The van der Waals surface area contributed by atoms with Gasteiger partial charge in [0.05, 0.1) is 10.6 Å². The minimum Gasteiger partial charge on any atom is -0.338 e. The van der Waals surface area contributed by atoms with Crippen molar-refractivity contribution in [3.05, 3.63) is 42.5 Å². The number of hydrogen-bond donors (Lipinski definition) is 1. The van der Waals surface area contributed by atoms with Crippen LogP contribution >= 0.6 is 0 Å². The third-order valence-corrected chi connectivity index (χ3v) is 6.69. The van der Waals surface area contributed by atoms with Gasteiger partial charge in [0, 0.05) is 19.6 Å². The summed E-state index contributed by atoms with van der Waals surface area (Å²) in [5, 5.41) is 2.86. The minimum atomic E-state index is -3.27. The monoisotopic (exact) mass is 348 g/mol. The lowest BCUT2D eigenvalue weighted by molar-refractivity contribution is 0.206. The summed E-state index contributed by atoms with van der Waals surface area (Å²) in [5.41, 5.74) is 0. The fourth-order valence-corrected chi connectivity index (χ4v) is 4.83. The van der Waals surface area contributed by atoms with Gasteiger partial charge in [-0.1, -0.05) is 30.4 Å². The smallest absolute Gasteiger partial charge is 0.317 e. The van der Waals surface area contributed by atoms with Crippen LogP contribution in [0.15, 0.2) is 47.4 Å². The zero-order chi connectivity index (χ0) is 17.0. The molecule has 1 aromatic rings. The molecule has 1 saturated heterocycles. The molecule has 1 aliphatic heterocycles. The molecule has 2 atom stereocenters. The van der Waals surface area contributed by atoms with Crippen molar-refractivity contribution >= 4 is 15.9 Å². The average molecular weight is 348 g/mol. The topological polar surface area (TPSA) is 66.5 Å². The highest BCUT2D eigenvalue weighted by Crippen LogP contribution is 2.32. The Morgan fingerprint density at radius 3 is 2.33 bits per heavy atom. The largest absolute Gasteiger partial charge is 0.338 e. The number of likely N-dealkylation sites (tertiary alicyclic amines) is 1. The summed E-state index contributed by atoms with van der Waals surface area (Å²) >= 11 is 0. The van der Waals surface area contributed by atoms with E-state index in [9.17, 15) is 13.2 Å². The molecule has 6 heteroatoms. The summed E-state index contributed by atoms with van der Waals surface area (Å²) in [5.74, 6) is 1.21. The fourth-order valence-electron chi connectivity index (χ4n) is 3.50. The Balaban J connectivity index is 1.41. The van der Waals surface area contributed by atoms with Gasteiger partial charge in [-0.25, -0.2) is 13.2 Å². The predicted molar refractivity (Wildman–Crippen MR) is 93.4 cm³/mol. The molecule has 5 nitrogen and oxygen atoms in total. The average Bonchev–Trinajstić information content (AvgIpc) is 3.03. The SMILES string of the molecule is O=C(NCCCS(=O)(=O)c1ccccc1)N1C[C@H]2CC=CC[C@H]2C1. The maximum Gasteiger partial charge on any atom is 0.317 e. The Bertz CT molecular complexity index is 684. The van der Waals surface area contributed by atoms with Gasteiger partial charge in [0.1, 0.15) is 0 Å². The van der Waals surface area contributed by atoms with E-state index in [1.54, 1.807) is 30.3 Å². The van der Waals surface area contributed by atoms with Gasteiger partial charge in [-0.15, -0.1) is 0 Å². The van der Waals surface area contributed by atoms with Crippen LogP contribution in [0.2, 0.25) is 0 Å². The fraction of sp³-hybridized carbons (Fsp3) is 0.500. The molecule has 0 unspecified atom stereocenters. The number of fused-ring (bicyclic) bond motifs is 1. The Labute approximate surface area is 143 Å². The molecule has 130 valence electrons. The normalized spacial score (nSPS) is 23.1. The van der Waals surface area contributed by atoms with E-state index in [1.165, 1.54) is 0 Å². The Morgan fingerprint density at radius 2 is 1.71 bits per heavy atom. The highest BCUT2D eigenvalue weighted by molar-refractivity contribution is 7.91. The third-order valence-electron chi connectivity index (χ3n) is 4.88. The number of amides is 2. The number of carbonyl (C=O) groups excluding carboxylic acids is 1. The van der Waals surface area contributed by atoms with E-state index in [0.29, 0.717) is 29.7 Å². The standard InChI is InChI=1S/C18H24N2O3S/c21-18(20-13-15-7-4-5-8-16(15)14-20)19-11-6-12-24(22,23)17-9-2-1-3-10-17/h1-5,9-10,15-16H,6-8,11-14H2,(H,19,21)/t15-,16+. The van der Waals surface area contributed by atoms with Gasteiger partial charge in [0.2, 0.25) is 0 Å². The molecule has 1 aliphatic carbocycles. The first kappa shape index (κ1) is 17.0. The number of benzene rings is 1. The van der Waals surface area contributed by atoms with Crippen LogP contribution in [0.5, 0.6) is 0 Å². The first-order valence-electron chi connectivity index (χ1n) is 8.52. The molecular weight excluding hydrogens is 324 g/mol. The summed E-state index contributed by atoms with van der Waals surface area (Å²) in [4.78, 5) is 14.4. The maximum absolute atomic E-state index is 12.2. The number of hydrogen-bond acceptors (Lipinski definition) is 3. The lowest BCUT2D eigenvalue weighted by Gasteiger charge is -2.17. The van der Waals surface area contributed by atoms with Crippen molar-refractivity contribution in [2.45, 2.75) is 24.2 Å². The quantitative estimate of drug-likeness (QED) is 0.656. The van der Waals surface area contributed by atoms with Crippen LogP contribution in [0.4, 0.5) is 4.79 Å². The van der Waals surface area contributed by atoms with Crippen LogP contribution in [0, 0.1) is 11.8 Å². The summed E-state index contributed by atoms with van der Waals surface area (Å²) in [6.45, 7) is 2.00. The van der Waals surface area contributed by atoms with E-state index in [1.807, 2.05) is 4.90 Å². The number of carbonyl (C=O) groups is 1. The second kappa shape index (κ2) is 7.38. The van der Waals surface area contributed by atoms with Gasteiger partial charge in [0.25, 0.3) is 0 Å². The molecule has 24 heavy (non-hydrogen) atoms. The molecule has 1 fully saturated rings. The summed E-state index contributed by atoms with van der Waals surface area (Å²) in [6, 6.07) is 8.37. The molecule has 2 amide bonds.